The van der Waals surface area contributed by atoms with Crippen molar-refractivity contribution in [1.82, 2.24) is 4.65 Å². The maximum Gasteiger partial charge on any atom is 0.215 e. The van der Waals surface area contributed by atoms with E-state index >= 15 is 0 Å². The van der Waals surface area contributed by atoms with Gasteiger partial charge in [0.2, 0.25) is 8.24 Å². The number of hydrogen-bond acceptors (Lipinski definition) is 1. The molecule has 0 aromatic heterocycles. The molecular weight excluding hydrogens is 322 g/mol. The first-order valence-corrected chi connectivity index (χ1v) is 14.0. The van der Waals surface area contributed by atoms with Crippen molar-refractivity contribution in [1.29, 1.82) is 0 Å². The van der Waals surface area contributed by atoms with Crippen LogP contribution in [0, 0.1) is 0 Å². The van der Waals surface area contributed by atoms with Gasteiger partial charge in [0.1, 0.15) is 8.24 Å². The lowest BCUT2D eigenvalue weighted by atomic mass is 10.3. The second-order valence-corrected chi connectivity index (χ2v) is 16.0. The van der Waals surface area contributed by atoms with Crippen LogP contribution in [0.1, 0.15) is 0 Å². The smallest absolute Gasteiger partial charge is 0.215 e. The number of nitrogens with one attached hydrogen (secondary N) is 1. The Kier molecular flexibility index (Phi) is 4.85. The number of benzene rings is 3. The summed E-state index contributed by atoms with van der Waals surface area (Å²) in [5, 5.41) is 4.26. The van der Waals surface area contributed by atoms with Gasteiger partial charge in [-0.3, -0.25) is 0 Å². The molecule has 1 N–H and O–H groups in total. The van der Waals surface area contributed by atoms with Crippen molar-refractivity contribution < 1.29 is 0 Å². The van der Waals surface area contributed by atoms with Crippen LogP contribution in [0.3, 0.4) is 0 Å². The molecule has 3 aromatic carbocycles. The summed E-state index contributed by atoms with van der Waals surface area (Å²) in [5.41, 5.74) is 0. The first-order chi connectivity index (χ1) is 11.5. The van der Waals surface area contributed by atoms with Gasteiger partial charge in [-0.1, -0.05) is 111 Å². The largest absolute Gasteiger partial charge is 0.349 e. The molecule has 3 heteroatoms. The van der Waals surface area contributed by atoms with E-state index in [0.29, 0.717) is 0 Å². The molecule has 24 heavy (non-hydrogen) atoms. The molecule has 0 bridgehead atoms. The second-order valence-electron chi connectivity index (χ2n) is 7.22. The molecule has 3 aromatic rings. The first-order valence-electron chi connectivity index (χ1n) is 8.48. The second kappa shape index (κ2) is 6.89. The average molecular weight is 348 g/mol. The van der Waals surface area contributed by atoms with E-state index in [1.807, 2.05) is 0 Å². The summed E-state index contributed by atoms with van der Waals surface area (Å²) in [4.78, 5) is 0. The minimum atomic E-state index is -2.25. The third kappa shape index (κ3) is 3.43. The molecular formula is C21H25NSi2. The van der Waals surface area contributed by atoms with Crippen LogP contribution < -0.4 is 20.2 Å². The van der Waals surface area contributed by atoms with E-state index in [1.165, 1.54) is 15.6 Å². The Labute approximate surface area is 147 Å². The number of hydrogen-bond donors (Lipinski definition) is 1. The summed E-state index contributed by atoms with van der Waals surface area (Å²) >= 11 is 0. The number of rotatable bonds is 5. The van der Waals surface area contributed by atoms with E-state index in [4.69, 9.17) is 0 Å². The van der Waals surface area contributed by atoms with E-state index in [2.05, 4.69) is 115 Å². The van der Waals surface area contributed by atoms with Crippen LogP contribution >= 0.6 is 0 Å². The highest BCUT2D eigenvalue weighted by Crippen LogP contribution is 2.09. The van der Waals surface area contributed by atoms with Crippen LogP contribution in [-0.2, 0) is 0 Å². The van der Waals surface area contributed by atoms with Crippen LogP contribution in [-0.4, -0.2) is 16.5 Å². The Morgan fingerprint density at radius 2 is 0.792 bits per heavy atom. The lowest BCUT2D eigenvalue weighted by Crippen LogP contribution is -2.80. The van der Waals surface area contributed by atoms with Crippen molar-refractivity contribution in [3.8, 4) is 0 Å². The molecule has 1 nitrogen and oxygen atoms in total. The standard InChI is InChI=1S/C21H25NSi2/c1-23(2,3)22-24(19-13-7-4-8-14-19,20-15-9-5-10-16-20)21-17-11-6-12-18-21/h4-18,22H,1-3H3. The van der Waals surface area contributed by atoms with Crippen molar-refractivity contribution in [2.45, 2.75) is 19.6 Å². The summed E-state index contributed by atoms with van der Waals surface area (Å²) in [6.07, 6.45) is 0. The fourth-order valence-electron chi connectivity index (χ4n) is 3.34. The topological polar surface area (TPSA) is 12.0 Å². The normalized spacial score (nSPS) is 12.1. The van der Waals surface area contributed by atoms with Crippen molar-refractivity contribution in [2.75, 3.05) is 0 Å². The summed E-state index contributed by atoms with van der Waals surface area (Å²) < 4.78 is 4.20. The fraction of sp³-hybridized carbons (Fsp3) is 0.143. The van der Waals surface area contributed by atoms with Gasteiger partial charge in [0.15, 0.2) is 0 Å². The van der Waals surface area contributed by atoms with Gasteiger partial charge in [-0.25, -0.2) is 0 Å². The maximum atomic E-state index is 4.20. The molecule has 0 aliphatic heterocycles. The quantitative estimate of drug-likeness (QED) is 0.552. The monoisotopic (exact) mass is 347 g/mol. The van der Waals surface area contributed by atoms with E-state index < -0.39 is 16.5 Å². The van der Waals surface area contributed by atoms with E-state index in [-0.39, 0.29) is 0 Å². The zero-order valence-electron chi connectivity index (χ0n) is 14.7. The molecule has 0 unspecified atom stereocenters. The van der Waals surface area contributed by atoms with Crippen LogP contribution in [0.15, 0.2) is 91.0 Å². The van der Waals surface area contributed by atoms with Crippen molar-refractivity contribution in [3.63, 3.8) is 0 Å². The highest BCUT2D eigenvalue weighted by Gasteiger charge is 2.42. The van der Waals surface area contributed by atoms with Crippen molar-refractivity contribution in [3.05, 3.63) is 91.0 Å². The fourth-order valence-corrected chi connectivity index (χ4v) is 12.7. The van der Waals surface area contributed by atoms with Crippen LogP contribution in [0.5, 0.6) is 0 Å². The molecule has 3 rings (SSSR count). The molecule has 0 amide bonds. The predicted molar refractivity (Wildman–Crippen MR) is 110 cm³/mol. The highest BCUT2D eigenvalue weighted by molar-refractivity contribution is 7.14. The van der Waals surface area contributed by atoms with Gasteiger partial charge in [-0.2, -0.15) is 0 Å². The van der Waals surface area contributed by atoms with Crippen molar-refractivity contribution in [2.24, 2.45) is 0 Å². The lowest BCUT2D eigenvalue weighted by Gasteiger charge is -2.39. The van der Waals surface area contributed by atoms with Gasteiger partial charge in [0, 0.05) is 0 Å². The van der Waals surface area contributed by atoms with Crippen LogP contribution in [0.2, 0.25) is 19.6 Å². The molecule has 0 spiro atoms. The van der Waals surface area contributed by atoms with Gasteiger partial charge in [-0.05, 0) is 15.6 Å². The van der Waals surface area contributed by atoms with Gasteiger partial charge >= 0.3 is 0 Å². The molecule has 0 saturated carbocycles. The van der Waals surface area contributed by atoms with E-state index in [1.54, 1.807) is 0 Å². The summed E-state index contributed by atoms with van der Waals surface area (Å²) in [6, 6.07) is 33.0. The molecule has 0 heterocycles. The third-order valence-electron chi connectivity index (χ3n) is 4.18. The Hall–Kier alpha value is -1.95. The van der Waals surface area contributed by atoms with Crippen molar-refractivity contribution >= 4 is 32.0 Å². The van der Waals surface area contributed by atoms with Crippen LogP contribution in [0.4, 0.5) is 0 Å². The SMILES string of the molecule is C[Si](C)(C)N[Si](c1ccccc1)(c1ccccc1)c1ccccc1. The van der Waals surface area contributed by atoms with Gasteiger partial charge < -0.3 is 4.65 Å². The molecule has 122 valence electrons. The van der Waals surface area contributed by atoms with E-state index in [9.17, 15) is 0 Å². The van der Waals surface area contributed by atoms with Gasteiger partial charge in [0.05, 0.1) is 0 Å². The van der Waals surface area contributed by atoms with Crippen LogP contribution in [0.25, 0.3) is 0 Å². The molecule has 0 aliphatic rings. The summed E-state index contributed by atoms with van der Waals surface area (Å²) in [5.74, 6) is 0. The summed E-state index contributed by atoms with van der Waals surface area (Å²) in [7, 11) is -3.78. The van der Waals surface area contributed by atoms with E-state index in [0.717, 1.165) is 0 Å². The molecule has 0 aliphatic carbocycles. The minimum Gasteiger partial charge on any atom is -0.349 e. The van der Waals surface area contributed by atoms with Gasteiger partial charge in [0.25, 0.3) is 0 Å². The Balaban J connectivity index is 2.33. The summed E-state index contributed by atoms with van der Waals surface area (Å²) in [6.45, 7) is 7.18. The molecule has 0 saturated heterocycles. The zero-order valence-corrected chi connectivity index (χ0v) is 16.7. The Morgan fingerprint density at radius 3 is 1.04 bits per heavy atom. The third-order valence-corrected chi connectivity index (χ3v) is 12.3. The molecule has 0 fully saturated rings. The van der Waals surface area contributed by atoms with Gasteiger partial charge in [-0.15, -0.1) is 0 Å². The lowest BCUT2D eigenvalue weighted by molar-refractivity contribution is 1.35. The highest BCUT2D eigenvalue weighted by atomic mass is 28.4. The molecule has 0 radical (unpaired) electrons. The first kappa shape index (κ1) is 16.9. The average Bonchev–Trinajstić information content (AvgIpc) is 2.61. The minimum absolute atomic E-state index is 1.42. The Morgan fingerprint density at radius 1 is 0.500 bits per heavy atom. The Bertz CT molecular complexity index is 669. The molecule has 0 atom stereocenters. The zero-order chi connectivity index (χ0) is 17.0. The maximum absolute atomic E-state index is 4.20. The predicted octanol–water partition coefficient (Wildman–Crippen LogP) is 3.08.